The number of nitrogens with zero attached hydrogens (tertiary/aromatic N) is 2. The van der Waals surface area contributed by atoms with Gasteiger partial charge in [-0.3, -0.25) is 9.59 Å². The number of anilines is 1. The lowest BCUT2D eigenvalue weighted by Crippen LogP contribution is -2.20. The van der Waals surface area contributed by atoms with E-state index in [1.807, 2.05) is 6.92 Å². The van der Waals surface area contributed by atoms with Gasteiger partial charge in [-0.1, -0.05) is 38.1 Å². The Morgan fingerprint density at radius 3 is 2.70 bits per heavy atom. The zero-order chi connectivity index (χ0) is 19.6. The molecule has 0 radical (unpaired) electrons. The average molecular weight is 388 g/mol. The summed E-state index contributed by atoms with van der Waals surface area (Å²) in [6.45, 7) is 8.30. The van der Waals surface area contributed by atoms with Gasteiger partial charge in [0.1, 0.15) is 12.4 Å². The number of hydrogen-bond donors (Lipinski definition) is 1. The highest BCUT2D eigenvalue weighted by atomic mass is 32.2. The Kier molecular flexibility index (Phi) is 5.89. The zero-order valence-corrected chi connectivity index (χ0v) is 16.9. The molecule has 1 aliphatic rings. The van der Waals surface area contributed by atoms with Gasteiger partial charge in [-0.2, -0.15) is 5.10 Å². The minimum absolute atomic E-state index is 0.0175. The summed E-state index contributed by atoms with van der Waals surface area (Å²) in [5, 5.41) is 7.40. The molecule has 27 heavy (non-hydrogen) atoms. The van der Waals surface area contributed by atoms with Crippen LogP contribution < -0.4 is 5.32 Å². The number of aromatic nitrogens is 2. The molecule has 0 saturated carbocycles. The molecule has 7 heteroatoms. The van der Waals surface area contributed by atoms with Gasteiger partial charge < -0.3 is 10.1 Å². The van der Waals surface area contributed by atoms with Crippen molar-refractivity contribution >= 4 is 29.5 Å². The van der Waals surface area contributed by atoms with Gasteiger partial charge in [-0.25, -0.2) is 4.68 Å². The highest BCUT2D eigenvalue weighted by molar-refractivity contribution is 8.00. The topological polar surface area (TPSA) is 73.2 Å². The fourth-order valence-electron chi connectivity index (χ4n) is 3.21. The lowest BCUT2D eigenvalue weighted by atomic mass is 9.98. The van der Waals surface area contributed by atoms with Crippen LogP contribution in [0, 0.1) is 6.92 Å². The first-order valence-electron chi connectivity index (χ1n) is 9.15. The van der Waals surface area contributed by atoms with Gasteiger partial charge in [-0.15, -0.1) is 11.8 Å². The molecule has 3 rings (SSSR count). The van der Waals surface area contributed by atoms with Gasteiger partial charge in [-0.05, 0) is 30.9 Å². The molecule has 0 bridgehead atoms. The van der Waals surface area contributed by atoms with Gasteiger partial charge in [0.15, 0.2) is 0 Å². The zero-order valence-electron chi connectivity index (χ0n) is 16.1. The number of thioether (sulfide) groups is 1. The van der Waals surface area contributed by atoms with Crippen LogP contribution in [0.3, 0.4) is 0 Å². The van der Waals surface area contributed by atoms with Gasteiger partial charge in [0, 0.05) is 5.56 Å². The summed E-state index contributed by atoms with van der Waals surface area (Å²) in [5.41, 5.74) is 4.16. The first-order chi connectivity index (χ1) is 12.9. The van der Waals surface area contributed by atoms with Crippen molar-refractivity contribution in [2.24, 2.45) is 0 Å². The Morgan fingerprint density at radius 1 is 1.37 bits per heavy atom. The van der Waals surface area contributed by atoms with E-state index >= 15 is 0 Å². The number of carbonyl (C=O) groups excluding carboxylic acids is 2. The second-order valence-corrected chi connectivity index (χ2v) is 7.96. The highest BCUT2D eigenvalue weighted by Crippen LogP contribution is 2.43. The molecule has 1 aliphatic heterocycles. The van der Waals surface area contributed by atoms with Crippen LogP contribution in [0.15, 0.2) is 24.3 Å². The molecule has 144 valence electrons. The molecule has 1 aromatic carbocycles. The van der Waals surface area contributed by atoms with Crippen LogP contribution in [0.4, 0.5) is 5.82 Å². The van der Waals surface area contributed by atoms with E-state index in [-0.39, 0.29) is 23.7 Å². The molecule has 2 aromatic rings. The number of rotatable bonds is 5. The lowest BCUT2D eigenvalue weighted by Gasteiger charge is -2.16. The first-order valence-corrected chi connectivity index (χ1v) is 10.2. The largest absolute Gasteiger partial charge is 0.465 e. The van der Waals surface area contributed by atoms with Crippen LogP contribution in [0.5, 0.6) is 0 Å². The van der Waals surface area contributed by atoms with E-state index in [1.165, 1.54) is 5.56 Å². The molecule has 0 aliphatic carbocycles. The summed E-state index contributed by atoms with van der Waals surface area (Å²) >= 11 is 1.58. The molecule has 2 heterocycles. The number of benzene rings is 1. The molecular formula is C20H25N3O3S. The summed E-state index contributed by atoms with van der Waals surface area (Å²) in [7, 11) is 0. The predicted molar refractivity (Wildman–Crippen MR) is 107 cm³/mol. The third-order valence-corrected chi connectivity index (χ3v) is 5.83. The van der Waals surface area contributed by atoms with Gasteiger partial charge in [0.2, 0.25) is 5.91 Å². The average Bonchev–Trinajstić information content (AvgIpc) is 2.80. The number of fused-ring (bicyclic) bond motifs is 1. The number of hydrogen-bond acceptors (Lipinski definition) is 5. The van der Waals surface area contributed by atoms with E-state index < -0.39 is 0 Å². The summed E-state index contributed by atoms with van der Waals surface area (Å²) in [4.78, 5) is 24.2. The predicted octanol–water partition coefficient (Wildman–Crippen LogP) is 3.65. The number of ether oxygens (including phenoxy) is 1. The quantitative estimate of drug-likeness (QED) is 0.793. The maximum Gasteiger partial charge on any atom is 0.327 e. The SMILES string of the molecule is CCOC(=O)Cn1nc(C)c2c1NC(=O)CS[C@H]2c1ccc(C(C)C)cc1. The molecule has 1 N–H and O–H groups in total. The summed E-state index contributed by atoms with van der Waals surface area (Å²) in [6, 6.07) is 8.51. The molecule has 0 fully saturated rings. The monoisotopic (exact) mass is 387 g/mol. The molecule has 0 saturated heterocycles. The van der Waals surface area contributed by atoms with Crippen LogP contribution in [0.25, 0.3) is 0 Å². The number of nitrogens with one attached hydrogen (secondary N) is 1. The van der Waals surface area contributed by atoms with Crippen LogP contribution >= 0.6 is 11.8 Å². The van der Waals surface area contributed by atoms with E-state index in [4.69, 9.17) is 4.74 Å². The van der Waals surface area contributed by atoms with Crippen molar-refractivity contribution in [2.75, 3.05) is 17.7 Å². The minimum Gasteiger partial charge on any atom is -0.465 e. The maximum absolute atomic E-state index is 12.2. The first kappa shape index (κ1) is 19.5. The molecular weight excluding hydrogens is 362 g/mol. The van der Waals surface area contributed by atoms with Crippen molar-refractivity contribution < 1.29 is 14.3 Å². The fraction of sp³-hybridized carbons (Fsp3) is 0.450. The van der Waals surface area contributed by atoms with Gasteiger partial charge in [0.05, 0.1) is 23.3 Å². The fourth-order valence-corrected chi connectivity index (χ4v) is 4.40. The Bertz CT molecular complexity index is 843. The Hall–Kier alpha value is -2.28. The minimum atomic E-state index is -0.369. The van der Waals surface area contributed by atoms with E-state index in [2.05, 4.69) is 48.5 Å². The van der Waals surface area contributed by atoms with E-state index in [0.717, 1.165) is 16.8 Å². The van der Waals surface area contributed by atoms with E-state index in [0.29, 0.717) is 24.1 Å². The maximum atomic E-state index is 12.2. The van der Waals surface area contributed by atoms with Crippen molar-refractivity contribution in [2.45, 2.75) is 45.4 Å². The van der Waals surface area contributed by atoms with Crippen molar-refractivity contribution in [3.8, 4) is 0 Å². The van der Waals surface area contributed by atoms with Crippen molar-refractivity contribution in [1.82, 2.24) is 9.78 Å². The Balaban J connectivity index is 2.00. The van der Waals surface area contributed by atoms with E-state index in [1.54, 1.807) is 23.4 Å². The molecule has 1 aromatic heterocycles. The normalized spacial score (nSPS) is 16.6. The van der Waals surface area contributed by atoms with Crippen molar-refractivity contribution in [1.29, 1.82) is 0 Å². The highest BCUT2D eigenvalue weighted by Gasteiger charge is 2.30. The third kappa shape index (κ3) is 4.18. The molecule has 0 unspecified atom stereocenters. The van der Waals surface area contributed by atoms with Crippen LogP contribution in [-0.4, -0.2) is 34.0 Å². The number of amides is 1. The molecule has 6 nitrogen and oxygen atoms in total. The van der Waals surface area contributed by atoms with Gasteiger partial charge in [0.25, 0.3) is 0 Å². The standard InChI is InChI=1S/C20H25N3O3S/c1-5-26-17(25)10-23-20-18(13(4)22-23)19(27-11-16(24)21-20)15-8-6-14(7-9-15)12(2)3/h6-9,12,19H,5,10-11H2,1-4H3,(H,21,24)/t19-/m0/s1. The summed E-state index contributed by atoms with van der Waals surface area (Å²) in [6.07, 6.45) is 0. The number of esters is 1. The lowest BCUT2D eigenvalue weighted by molar-refractivity contribution is -0.144. The number of carbonyl (C=O) groups is 2. The second kappa shape index (κ2) is 8.17. The summed E-state index contributed by atoms with van der Waals surface area (Å²) in [5.74, 6) is 0.950. The van der Waals surface area contributed by atoms with Crippen LogP contribution in [0.2, 0.25) is 0 Å². The molecule has 1 atom stereocenters. The van der Waals surface area contributed by atoms with Crippen LogP contribution in [-0.2, 0) is 20.9 Å². The summed E-state index contributed by atoms with van der Waals surface area (Å²) < 4.78 is 6.58. The van der Waals surface area contributed by atoms with Crippen molar-refractivity contribution in [3.05, 3.63) is 46.6 Å². The van der Waals surface area contributed by atoms with Crippen molar-refractivity contribution in [3.63, 3.8) is 0 Å². The molecule has 0 spiro atoms. The Morgan fingerprint density at radius 2 is 2.07 bits per heavy atom. The Labute approximate surface area is 163 Å². The van der Waals surface area contributed by atoms with Gasteiger partial charge >= 0.3 is 5.97 Å². The number of aryl methyl sites for hydroxylation is 1. The second-order valence-electron chi connectivity index (χ2n) is 6.87. The smallest absolute Gasteiger partial charge is 0.327 e. The van der Waals surface area contributed by atoms with Crippen LogP contribution in [0.1, 0.15) is 54.3 Å². The third-order valence-electron chi connectivity index (χ3n) is 4.56. The van der Waals surface area contributed by atoms with E-state index in [9.17, 15) is 9.59 Å². The molecule has 1 amide bonds.